The highest BCUT2D eigenvalue weighted by atomic mass is 15.3. The number of likely N-dealkylation sites (tertiary alicyclic amines) is 1. The standard InChI is InChI=1S/C17H30N4/c1-3-10-21-14-15(13-19-21)16(18-2)17(8-4-5-9-17)20-11-6-7-12-20/h13-14,16,18H,3-12H2,1-2H3. The van der Waals surface area contributed by atoms with Gasteiger partial charge in [-0.15, -0.1) is 0 Å². The van der Waals surface area contributed by atoms with E-state index in [9.17, 15) is 0 Å². The number of hydrogen-bond donors (Lipinski definition) is 1. The fourth-order valence-corrected chi connectivity index (χ4v) is 4.56. The summed E-state index contributed by atoms with van der Waals surface area (Å²) in [6.07, 6.45) is 13.6. The summed E-state index contributed by atoms with van der Waals surface area (Å²) in [7, 11) is 2.12. The summed E-state index contributed by atoms with van der Waals surface area (Å²) in [5.41, 5.74) is 1.70. The Bertz CT molecular complexity index is 441. The third-order valence-electron chi connectivity index (χ3n) is 5.47. The van der Waals surface area contributed by atoms with Gasteiger partial charge in [-0.2, -0.15) is 5.10 Å². The van der Waals surface area contributed by atoms with Crippen molar-refractivity contribution >= 4 is 0 Å². The van der Waals surface area contributed by atoms with E-state index in [1.807, 2.05) is 0 Å². The van der Waals surface area contributed by atoms with Gasteiger partial charge in [-0.25, -0.2) is 0 Å². The van der Waals surface area contributed by atoms with Gasteiger partial charge in [0.2, 0.25) is 0 Å². The molecule has 1 unspecified atom stereocenters. The Labute approximate surface area is 128 Å². The third-order valence-corrected chi connectivity index (χ3v) is 5.47. The summed E-state index contributed by atoms with van der Waals surface area (Å²) in [4.78, 5) is 2.78. The maximum atomic E-state index is 4.56. The lowest BCUT2D eigenvalue weighted by Crippen LogP contribution is -2.53. The van der Waals surface area contributed by atoms with Gasteiger partial charge in [0.05, 0.1) is 12.2 Å². The van der Waals surface area contributed by atoms with E-state index in [0.717, 1.165) is 13.0 Å². The molecular formula is C17H30N4. The van der Waals surface area contributed by atoms with Crippen LogP contribution in [0.2, 0.25) is 0 Å². The molecule has 4 heteroatoms. The fourth-order valence-electron chi connectivity index (χ4n) is 4.56. The van der Waals surface area contributed by atoms with Crippen molar-refractivity contribution in [3.05, 3.63) is 18.0 Å². The van der Waals surface area contributed by atoms with Crippen LogP contribution in [0.15, 0.2) is 12.4 Å². The zero-order valence-corrected chi connectivity index (χ0v) is 13.6. The molecule has 1 aromatic heterocycles. The predicted molar refractivity (Wildman–Crippen MR) is 86.3 cm³/mol. The summed E-state index contributed by atoms with van der Waals surface area (Å²) in [6, 6.07) is 0.420. The van der Waals surface area contributed by atoms with Crippen molar-refractivity contribution in [3.8, 4) is 0 Å². The number of aromatic nitrogens is 2. The van der Waals surface area contributed by atoms with E-state index in [2.05, 4.69) is 46.4 Å². The van der Waals surface area contributed by atoms with Crippen LogP contribution in [0.4, 0.5) is 0 Å². The summed E-state index contributed by atoms with van der Waals surface area (Å²) in [5.74, 6) is 0. The first kappa shape index (κ1) is 15.0. The molecule has 2 heterocycles. The van der Waals surface area contributed by atoms with Crippen molar-refractivity contribution in [2.75, 3.05) is 20.1 Å². The molecular weight excluding hydrogens is 260 g/mol. The molecule has 1 saturated heterocycles. The molecule has 1 N–H and O–H groups in total. The Morgan fingerprint density at radius 2 is 1.95 bits per heavy atom. The minimum atomic E-state index is 0.325. The lowest BCUT2D eigenvalue weighted by atomic mass is 9.83. The monoisotopic (exact) mass is 290 g/mol. The zero-order chi connectivity index (χ0) is 14.7. The highest BCUT2D eigenvalue weighted by molar-refractivity contribution is 5.20. The Morgan fingerprint density at radius 3 is 2.57 bits per heavy atom. The van der Waals surface area contributed by atoms with Crippen LogP contribution in [0, 0.1) is 0 Å². The highest BCUT2D eigenvalue weighted by Gasteiger charge is 2.47. The van der Waals surface area contributed by atoms with Crippen LogP contribution in [-0.2, 0) is 6.54 Å². The van der Waals surface area contributed by atoms with Crippen molar-refractivity contribution in [1.82, 2.24) is 20.0 Å². The second-order valence-electron chi connectivity index (χ2n) is 6.76. The smallest absolute Gasteiger partial charge is 0.0538 e. The van der Waals surface area contributed by atoms with Crippen LogP contribution >= 0.6 is 0 Å². The van der Waals surface area contributed by atoms with Crippen LogP contribution in [-0.4, -0.2) is 40.4 Å². The minimum Gasteiger partial charge on any atom is -0.311 e. The van der Waals surface area contributed by atoms with Gasteiger partial charge in [0.25, 0.3) is 0 Å². The van der Waals surface area contributed by atoms with Crippen molar-refractivity contribution in [2.24, 2.45) is 0 Å². The maximum absolute atomic E-state index is 4.56. The summed E-state index contributed by atoms with van der Waals surface area (Å²) < 4.78 is 2.10. The summed E-state index contributed by atoms with van der Waals surface area (Å²) in [5, 5.41) is 8.20. The first-order chi connectivity index (χ1) is 10.3. The van der Waals surface area contributed by atoms with E-state index in [-0.39, 0.29) is 0 Å². The van der Waals surface area contributed by atoms with Crippen LogP contribution in [0.3, 0.4) is 0 Å². The third kappa shape index (κ3) is 2.76. The van der Waals surface area contributed by atoms with E-state index in [1.165, 1.54) is 57.2 Å². The van der Waals surface area contributed by atoms with Crippen LogP contribution in [0.5, 0.6) is 0 Å². The van der Waals surface area contributed by atoms with Gasteiger partial charge in [-0.3, -0.25) is 9.58 Å². The average molecular weight is 290 g/mol. The molecule has 1 aliphatic heterocycles. The Balaban J connectivity index is 1.87. The van der Waals surface area contributed by atoms with Crippen LogP contribution < -0.4 is 5.32 Å². The summed E-state index contributed by atoms with van der Waals surface area (Å²) >= 11 is 0. The first-order valence-electron chi connectivity index (χ1n) is 8.75. The molecule has 0 bridgehead atoms. The number of likely N-dealkylation sites (N-methyl/N-ethyl adjacent to an activating group) is 1. The largest absolute Gasteiger partial charge is 0.311 e. The van der Waals surface area contributed by atoms with Gasteiger partial charge in [-0.05, 0) is 52.2 Å². The van der Waals surface area contributed by atoms with E-state index >= 15 is 0 Å². The van der Waals surface area contributed by atoms with Gasteiger partial charge >= 0.3 is 0 Å². The molecule has 2 aliphatic rings. The van der Waals surface area contributed by atoms with E-state index in [4.69, 9.17) is 0 Å². The maximum Gasteiger partial charge on any atom is 0.0538 e. The molecule has 0 spiro atoms. The molecule has 118 valence electrons. The van der Waals surface area contributed by atoms with Gasteiger partial charge in [-0.1, -0.05) is 19.8 Å². The van der Waals surface area contributed by atoms with E-state index < -0.39 is 0 Å². The number of hydrogen-bond acceptors (Lipinski definition) is 3. The minimum absolute atomic E-state index is 0.325. The van der Waals surface area contributed by atoms with Gasteiger partial charge in [0, 0.05) is 23.8 Å². The Kier molecular flexibility index (Phi) is 4.65. The topological polar surface area (TPSA) is 33.1 Å². The zero-order valence-electron chi connectivity index (χ0n) is 13.6. The second kappa shape index (κ2) is 6.49. The van der Waals surface area contributed by atoms with Crippen LogP contribution in [0.1, 0.15) is 63.5 Å². The first-order valence-corrected chi connectivity index (χ1v) is 8.75. The lowest BCUT2D eigenvalue weighted by Gasteiger charge is -2.44. The number of nitrogens with one attached hydrogen (secondary N) is 1. The van der Waals surface area contributed by atoms with Gasteiger partial charge < -0.3 is 5.32 Å². The number of aryl methyl sites for hydroxylation is 1. The lowest BCUT2D eigenvalue weighted by molar-refractivity contribution is 0.0796. The van der Waals surface area contributed by atoms with Crippen LogP contribution in [0.25, 0.3) is 0 Å². The molecule has 4 nitrogen and oxygen atoms in total. The molecule has 1 aromatic rings. The molecule has 0 aromatic carbocycles. The average Bonchev–Trinajstić information content (AvgIpc) is 3.22. The molecule has 2 fully saturated rings. The van der Waals surface area contributed by atoms with Crippen molar-refractivity contribution in [2.45, 2.75) is 70.0 Å². The predicted octanol–water partition coefficient (Wildman–Crippen LogP) is 2.96. The van der Waals surface area contributed by atoms with E-state index in [1.54, 1.807) is 0 Å². The number of nitrogens with zero attached hydrogens (tertiary/aromatic N) is 3. The van der Waals surface area contributed by atoms with E-state index in [0.29, 0.717) is 11.6 Å². The van der Waals surface area contributed by atoms with Crippen molar-refractivity contribution in [3.63, 3.8) is 0 Å². The SMILES string of the molecule is CCCn1cc(C(NC)C2(N3CCCC3)CCCC2)cn1. The molecule has 1 atom stereocenters. The second-order valence-corrected chi connectivity index (χ2v) is 6.76. The molecule has 1 saturated carbocycles. The van der Waals surface area contributed by atoms with Crippen molar-refractivity contribution < 1.29 is 0 Å². The summed E-state index contributed by atoms with van der Waals surface area (Å²) in [6.45, 7) is 5.79. The molecule has 3 rings (SSSR count). The normalized spacial score (nSPS) is 23.7. The molecule has 0 amide bonds. The molecule has 0 radical (unpaired) electrons. The fraction of sp³-hybridized carbons (Fsp3) is 0.824. The molecule has 1 aliphatic carbocycles. The Morgan fingerprint density at radius 1 is 1.24 bits per heavy atom. The van der Waals surface area contributed by atoms with Crippen molar-refractivity contribution in [1.29, 1.82) is 0 Å². The quantitative estimate of drug-likeness (QED) is 0.874. The Hall–Kier alpha value is -0.870. The van der Waals surface area contributed by atoms with Gasteiger partial charge in [0.1, 0.15) is 0 Å². The van der Waals surface area contributed by atoms with Gasteiger partial charge in [0.15, 0.2) is 0 Å². The highest BCUT2D eigenvalue weighted by Crippen LogP contribution is 2.45. The molecule has 21 heavy (non-hydrogen) atoms. The number of rotatable bonds is 6.